The Hall–Kier alpha value is -3.17. The monoisotopic (exact) mass is 477 g/mol. The zero-order chi connectivity index (χ0) is 23.2. The van der Waals surface area contributed by atoms with Gasteiger partial charge in [-0.1, -0.05) is 54.1 Å². The van der Waals surface area contributed by atoms with E-state index in [0.717, 1.165) is 6.42 Å². The number of nitrogens with one attached hydrogen (secondary N) is 3. The van der Waals surface area contributed by atoms with Crippen LogP contribution in [0.4, 0.5) is 0 Å². The Labute approximate surface area is 196 Å². The largest absolute Gasteiger partial charge is 0.482 e. The van der Waals surface area contributed by atoms with Crippen LogP contribution < -0.4 is 20.9 Å². The maximum absolute atomic E-state index is 11.9. The first-order valence-corrected chi connectivity index (χ1v) is 10.7. The van der Waals surface area contributed by atoms with Gasteiger partial charge in [0.25, 0.3) is 5.91 Å². The van der Waals surface area contributed by atoms with Gasteiger partial charge in [0.1, 0.15) is 5.75 Å². The summed E-state index contributed by atoms with van der Waals surface area (Å²) in [5, 5.41) is 2.63. The van der Waals surface area contributed by atoms with Crippen molar-refractivity contribution in [2.75, 3.05) is 13.2 Å². The van der Waals surface area contributed by atoms with Crippen molar-refractivity contribution in [3.05, 3.63) is 65.2 Å². The minimum atomic E-state index is -0.527. The molecule has 32 heavy (non-hydrogen) atoms. The van der Waals surface area contributed by atoms with E-state index in [1.165, 1.54) is 5.56 Å². The van der Waals surface area contributed by atoms with Crippen molar-refractivity contribution < 1.29 is 23.9 Å². The maximum atomic E-state index is 11.9. The average molecular weight is 478 g/mol. The summed E-state index contributed by atoms with van der Waals surface area (Å²) in [5.74, 6) is -1.10. The Balaban J connectivity index is 1.53. The van der Waals surface area contributed by atoms with E-state index in [2.05, 4.69) is 16.2 Å². The van der Waals surface area contributed by atoms with Gasteiger partial charge >= 0.3 is 5.97 Å². The van der Waals surface area contributed by atoms with Crippen molar-refractivity contribution in [3.63, 3.8) is 0 Å². The van der Waals surface area contributed by atoms with E-state index in [0.29, 0.717) is 17.2 Å². The number of carbonyl (C=O) groups excluding carboxylic acids is 3. The van der Waals surface area contributed by atoms with Gasteiger partial charge in [-0.25, -0.2) is 0 Å². The molecule has 0 saturated heterocycles. The third-order valence-electron chi connectivity index (χ3n) is 4.04. The lowest BCUT2D eigenvalue weighted by atomic mass is 10.1. The summed E-state index contributed by atoms with van der Waals surface area (Å²) < 4.78 is 10.4. The Morgan fingerprint density at radius 3 is 2.38 bits per heavy atom. The Morgan fingerprint density at radius 2 is 1.62 bits per heavy atom. The quantitative estimate of drug-likeness (QED) is 0.209. The number of benzene rings is 2. The van der Waals surface area contributed by atoms with Crippen LogP contribution in [0.3, 0.4) is 0 Å². The zero-order valence-corrected chi connectivity index (χ0v) is 18.8. The molecule has 0 radical (unpaired) electrons. The molecule has 8 nitrogen and oxygen atoms in total. The van der Waals surface area contributed by atoms with Crippen LogP contribution in [-0.4, -0.2) is 36.1 Å². The molecule has 0 aliphatic carbocycles. The number of halogens is 1. The molecule has 2 amide bonds. The number of hydrogen-bond donors (Lipinski definition) is 3. The minimum Gasteiger partial charge on any atom is -0.482 e. The van der Waals surface area contributed by atoms with E-state index in [4.69, 9.17) is 33.3 Å². The number of hydrazine groups is 1. The lowest BCUT2D eigenvalue weighted by Gasteiger charge is -2.12. The van der Waals surface area contributed by atoms with Crippen LogP contribution in [0.2, 0.25) is 5.02 Å². The molecule has 3 N–H and O–H groups in total. The van der Waals surface area contributed by atoms with Gasteiger partial charge in [0.15, 0.2) is 11.7 Å². The first kappa shape index (κ1) is 25.1. The molecule has 0 fully saturated rings. The van der Waals surface area contributed by atoms with Gasteiger partial charge in [-0.2, -0.15) is 0 Å². The molecule has 0 atom stereocenters. The number of ether oxygens (including phenoxy) is 2. The minimum absolute atomic E-state index is 0.0716. The third-order valence-corrected chi connectivity index (χ3v) is 4.55. The predicted octanol–water partition coefficient (Wildman–Crippen LogP) is 2.70. The van der Waals surface area contributed by atoms with Crippen LogP contribution in [0, 0.1) is 0 Å². The Bertz CT molecular complexity index is 927. The van der Waals surface area contributed by atoms with E-state index in [1.54, 1.807) is 24.3 Å². The molecule has 2 aromatic rings. The van der Waals surface area contributed by atoms with Gasteiger partial charge in [0, 0.05) is 6.42 Å². The second-order valence-electron chi connectivity index (χ2n) is 6.58. The van der Waals surface area contributed by atoms with Crippen LogP contribution in [0.15, 0.2) is 54.6 Å². The number of rotatable bonds is 10. The number of carbonyl (C=O) groups is 3. The SMILES string of the molecule is O=C(COc1ccccc1Cl)NNC(=S)NC(=O)CCC(=O)OCCCc1ccccc1. The molecule has 170 valence electrons. The smallest absolute Gasteiger partial charge is 0.306 e. The van der Waals surface area contributed by atoms with Crippen LogP contribution in [0.25, 0.3) is 0 Å². The first-order chi connectivity index (χ1) is 15.4. The third kappa shape index (κ3) is 10.2. The summed E-state index contributed by atoms with van der Waals surface area (Å²) >= 11 is 10.9. The molecule has 10 heteroatoms. The fourth-order valence-corrected chi connectivity index (χ4v) is 2.84. The molecule has 2 aromatic carbocycles. The predicted molar refractivity (Wildman–Crippen MR) is 124 cm³/mol. The zero-order valence-electron chi connectivity index (χ0n) is 17.3. The van der Waals surface area contributed by atoms with Crippen LogP contribution >= 0.6 is 23.8 Å². The van der Waals surface area contributed by atoms with Gasteiger partial charge < -0.3 is 14.8 Å². The summed E-state index contributed by atoms with van der Waals surface area (Å²) in [6.07, 6.45) is 1.35. The molecular weight excluding hydrogens is 454 g/mol. The molecule has 0 spiro atoms. The van der Waals surface area contributed by atoms with Gasteiger partial charge in [0.05, 0.1) is 18.1 Å². The average Bonchev–Trinajstić information content (AvgIpc) is 2.79. The molecule has 0 aromatic heterocycles. The van der Waals surface area contributed by atoms with E-state index in [9.17, 15) is 14.4 Å². The van der Waals surface area contributed by atoms with Gasteiger partial charge in [-0.3, -0.25) is 25.2 Å². The summed E-state index contributed by atoms with van der Waals surface area (Å²) in [4.78, 5) is 35.4. The first-order valence-electron chi connectivity index (χ1n) is 9.89. The van der Waals surface area contributed by atoms with Crippen molar-refractivity contribution in [2.45, 2.75) is 25.7 Å². The molecular formula is C22H24ClN3O5S. The van der Waals surface area contributed by atoms with E-state index < -0.39 is 17.8 Å². The number of thiocarbonyl (C=S) groups is 1. The lowest BCUT2D eigenvalue weighted by molar-refractivity contribution is -0.145. The fraction of sp³-hybridized carbons (Fsp3) is 0.273. The van der Waals surface area contributed by atoms with Gasteiger partial charge in [0.2, 0.25) is 5.91 Å². The van der Waals surface area contributed by atoms with E-state index in [-0.39, 0.29) is 31.2 Å². The molecule has 0 unspecified atom stereocenters. The molecule has 0 heterocycles. The summed E-state index contributed by atoms with van der Waals surface area (Å²) in [6.45, 7) is -0.0129. The lowest BCUT2D eigenvalue weighted by Crippen LogP contribution is -2.49. The molecule has 2 rings (SSSR count). The number of aryl methyl sites for hydroxylation is 1. The Kier molecular flexibility index (Phi) is 11.0. The number of amides is 2. The summed E-state index contributed by atoms with van der Waals surface area (Å²) in [7, 11) is 0. The van der Waals surface area contributed by atoms with Crippen molar-refractivity contribution in [2.24, 2.45) is 0 Å². The second-order valence-corrected chi connectivity index (χ2v) is 7.39. The Morgan fingerprint density at radius 1 is 0.906 bits per heavy atom. The molecule has 0 aliphatic heterocycles. The van der Waals surface area contributed by atoms with E-state index in [1.807, 2.05) is 30.3 Å². The van der Waals surface area contributed by atoms with Crippen molar-refractivity contribution in [1.29, 1.82) is 0 Å². The molecule has 0 saturated carbocycles. The second kappa shape index (κ2) is 14.0. The fourth-order valence-electron chi connectivity index (χ4n) is 2.48. The maximum Gasteiger partial charge on any atom is 0.306 e. The summed E-state index contributed by atoms with van der Waals surface area (Å²) in [6, 6.07) is 16.6. The van der Waals surface area contributed by atoms with Crippen molar-refractivity contribution >= 4 is 46.7 Å². The van der Waals surface area contributed by atoms with E-state index >= 15 is 0 Å². The summed E-state index contributed by atoms with van der Waals surface area (Å²) in [5.41, 5.74) is 5.84. The highest BCUT2D eigenvalue weighted by molar-refractivity contribution is 7.80. The van der Waals surface area contributed by atoms with Gasteiger partial charge in [-0.15, -0.1) is 0 Å². The van der Waals surface area contributed by atoms with Crippen LogP contribution in [0.5, 0.6) is 5.75 Å². The molecule has 0 bridgehead atoms. The number of hydrogen-bond acceptors (Lipinski definition) is 6. The van der Waals surface area contributed by atoms with Crippen molar-refractivity contribution in [1.82, 2.24) is 16.2 Å². The highest BCUT2D eigenvalue weighted by Crippen LogP contribution is 2.22. The topological polar surface area (TPSA) is 106 Å². The highest BCUT2D eigenvalue weighted by Gasteiger charge is 2.11. The standard InChI is InChI=1S/C22H24ClN3O5S/c23-17-10-4-5-11-18(17)31-15-20(28)25-26-22(32)24-19(27)12-13-21(29)30-14-6-9-16-7-2-1-3-8-16/h1-5,7-8,10-11H,6,9,12-15H2,(H,25,28)(H2,24,26,27,32). The van der Waals surface area contributed by atoms with Crippen molar-refractivity contribution in [3.8, 4) is 5.75 Å². The van der Waals surface area contributed by atoms with Crippen LogP contribution in [-0.2, 0) is 25.5 Å². The normalized spacial score (nSPS) is 10.0. The number of esters is 1. The highest BCUT2D eigenvalue weighted by atomic mass is 35.5. The number of para-hydroxylation sites is 1. The van der Waals surface area contributed by atoms with Gasteiger partial charge in [-0.05, 0) is 42.8 Å². The van der Waals surface area contributed by atoms with Crippen LogP contribution in [0.1, 0.15) is 24.8 Å². The molecule has 0 aliphatic rings.